The van der Waals surface area contributed by atoms with Crippen LogP contribution < -0.4 is 5.32 Å². The highest BCUT2D eigenvalue weighted by Gasteiger charge is 2.34. The van der Waals surface area contributed by atoms with Crippen LogP contribution >= 0.6 is 0 Å². The first-order chi connectivity index (χ1) is 7.31. The van der Waals surface area contributed by atoms with Crippen molar-refractivity contribution in [2.45, 2.75) is 38.3 Å². The molecule has 88 valence electrons. The van der Waals surface area contributed by atoms with Crippen molar-refractivity contribution in [3.8, 4) is 0 Å². The Bertz CT molecular complexity index is 187. The van der Waals surface area contributed by atoms with Crippen molar-refractivity contribution >= 4 is 0 Å². The summed E-state index contributed by atoms with van der Waals surface area (Å²) in [5.41, 5.74) is 0. The molecular weight excluding hydrogens is 190 g/mol. The molecule has 2 rings (SSSR count). The molecule has 2 saturated heterocycles. The summed E-state index contributed by atoms with van der Waals surface area (Å²) in [6.07, 6.45) is 4.15. The fraction of sp³-hybridized carbons (Fsp3) is 1.00. The van der Waals surface area contributed by atoms with E-state index in [1.54, 1.807) is 0 Å². The Labute approximate surface area is 92.5 Å². The quantitative estimate of drug-likeness (QED) is 0.769. The largest absolute Gasteiger partial charge is 0.381 e. The van der Waals surface area contributed by atoms with Crippen LogP contribution in [0.3, 0.4) is 0 Å². The summed E-state index contributed by atoms with van der Waals surface area (Å²) in [6.45, 7) is 4.97. The van der Waals surface area contributed by atoms with Gasteiger partial charge in [0.2, 0.25) is 0 Å². The van der Waals surface area contributed by atoms with Crippen LogP contribution in [0.5, 0.6) is 0 Å². The van der Waals surface area contributed by atoms with Gasteiger partial charge in [0, 0.05) is 18.6 Å². The molecule has 1 N–H and O–H groups in total. The highest BCUT2D eigenvalue weighted by molar-refractivity contribution is 4.87. The number of ether oxygens (including phenoxy) is 2. The van der Waals surface area contributed by atoms with Gasteiger partial charge in [0.1, 0.15) is 0 Å². The summed E-state index contributed by atoms with van der Waals surface area (Å²) in [5, 5.41) is 3.47. The zero-order valence-electron chi connectivity index (χ0n) is 9.87. The number of hydrogen-bond donors (Lipinski definition) is 1. The molecule has 2 heterocycles. The van der Waals surface area contributed by atoms with Crippen LogP contribution in [-0.4, -0.2) is 39.0 Å². The lowest BCUT2D eigenvalue weighted by molar-refractivity contribution is 0.0282. The maximum atomic E-state index is 5.66. The molecule has 0 aliphatic carbocycles. The molecule has 3 heteroatoms. The Morgan fingerprint density at radius 3 is 2.67 bits per heavy atom. The van der Waals surface area contributed by atoms with Crippen LogP contribution in [0.15, 0.2) is 0 Å². The molecule has 15 heavy (non-hydrogen) atoms. The second kappa shape index (κ2) is 5.28. The van der Waals surface area contributed by atoms with Crippen molar-refractivity contribution in [3.63, 3.8) is 0 Å². The van der Waals surface area contributed by atoms with E-state index >= 15 is 0 Å². The monoisotopic (exact) mass is 213 g/mol. The summed E-state index contributed by atoms with van der Waals surface area (Å²) in [4.78, 5) is 0. The lowest BCUT2D eigenvalue weighted by atomic mass is 9.84. The SMILES string of the molecule is CNC(C1CCCOC1)C1COC(C)C1. The molecule has 0 aromatic heterocycles. The Kier molecular flexibility index (Phi) is 4.00. The van der Waals surface area contributed by atoms with E-state index in [4.69, 9.17) is 9.47 Å². The summed E-state index contributed by atoms with van der Waals surface area (Å²) in [7, 11) is 2.07. The molecule has 2 fully saturated rings. The molecule has 0 aromatic rings. The van der Waals surface area contributed by atoms with Gasteiger partial charge in [-0.2, -0.15) is 0 Å². The second-order valence-electron chi connectivity index (χ2n) is 4.93. The van der Waals surface area contributed by atoms with Gasteiger partial charge in [0.05, 0.1) is 19.3 Å². The van der Waals surface area contributed by atoms with Gasteiger partial charge in [-0.25, -0.2) is 0 Å². The van der Waals surface area contributed by atoms with E-state index in [0.717, 1.165) is 19.8 Å². The molecule has 0 bridgehead atoms. The summed E-state index contributed by atoms with van der Waals surface area (Å²) < 4.78 is 11.2. The molecule has 3 nitrogen and oxygen atoms in total. The van der Waals surface area contributed by atoms with E-state index in [1.807, 2.05) is 0 Å². The van der Waals surface area contributed by atoms with Crippen LogP contribution in [0.25, 0.3) is 0 Å². The van der Waals surface area contributed by atoms with Crippen LogP contribution in [0.4, 0.5) is 0 Å². The molecule has 0 spiro atoms. The van der Waals surface area contributed by atoms with E-state index in [0.29, 0.717) is 24.0 Å². The van der Waals surface area contributed by atoms with E-state index < -0.39 is 0 Å². The number of hydrogen-bond acceptors (Lipinski definition) is 3. The lowest BCUT2D eigenvalue weighted by Crippen LogP contribution is -2.44. The first kappa shape index (κ1) is 11.4. The van der Waals surface area contributed by atoms with Gasteiger partial charge in [-0.1, -0.05) is 0 Å². The fourth-order valence-corrected chi connectivity index (χ4v) is 3.01. The standard InChI is InChI=1S/C12H23NO2/c1-9-6-11(8-15-9)12(13-2)10-4-3-5-14-7-10/h9-13H,3-8H2,1-2H3. The first-order valence-electron chi connectivity index (χ1n) is 6.18. The average molecular weight is 213 g/mol. The molecule has 0 radical (unpaired) electrons. The average Bonchev–Trinajstić information content (AvgIpc) is 2.68. The smallest absolute Gasteiger partial charge is 0.0551 e. The molecule has 0 aromatic carbocycles. The predicted octanol–water partition coefficient (Wildman–Crippen LogP) is 1.43. The Morgan fingerprint density at radius 1 is 1.27 bits per heavy atom. The van der Waals surface area contributed by atoms with Crippen molar-refractivity contribution in [2.24, 2.45) is 11.8 Å². The van der Waals surface area contributed by atoms with Gasteiger partial charge in [0.15, 0.2) is 0 Å². The Morgan fingerprint density at radius 2 is 2.13 bits per heavy atom. The van der Waals surface area contributed by atoms with Crippen molar-refractivity contribution in [3.05, 3.63) is 0 Å². The second-order valence-corrected chi connectivity index (χ2v) is 4.93. The van der Waals surface area contributed by atoms with E-state index in [1.165, 1.54) is 19.3 Å². The van der Waals surface area contributed by atoms with Gasteiger partial charge in [-0.05, 0) is 39.2 Å². The third-order valence-corrected chi connectivity index (χ3v) is 3.77. The van der Waals surface area contributed by atoms with E-state index in [2.05, 4.69) is 19.3 Å². The Hall–Kier alpha value is -0.120. The van der Waals surface area contributed by atoms with Crippen molar-refractivity contribution < 1.29 is 9.47 Å². The third-order valence-electron chi connectivity index (χ3n) is 3.77. The summed E-state index contributed by atoms with van der Waals surface area (Å²) in [6, 6.07) is 0.579. The van der Waals surface area contributed by atoms with Crippen molar-refractivity contribution in [1.29, 1.82) is 0 Å². The van der Waals surface area contributed by atoms with Crippen LogP contribution in [0, 0.1) is 11.8 Å². The van der Waals surface area contributed by atoms with Gasteiger partial charge < -0.3 is 14.8 Å². The van der Waals surface area contributed by atoms with Crippen molar-refractivity contribution in [1.82, 2.24) is 5.32 Å². The topological polar surface area (TPSA) is 30.5 Å². The minimum atomic E-state index is 0.440. The normalized spacial score (nSPS) is 39.2. The predicted molar refractivity (Wildman–Crippen MR) is 59.9 cm³/mol. The minimum absolute atomic E-state index is 0.440. The highest BCUT2D eigenvalue weighted by atomic mass is 16.5. The summed E-state index contributed by atoms with van der Waals surface area (Å²) >= 11 is 0. The van der Waals surface area contributed by atoms with Crippen LogP contribution in [-0.2, 0) is 9.47 Å². The maximum Gasteiger partial charge on any atom is 0.0551 e. The van der Waals surface area contributed by atoms with Gasteiger partial charge in [-0.15, -0.1) is 0 Å². The zero-order valence-corrected chi connectivity index (χ0v) is 9.87. The molecule has 4 atom stereocenters. The molecule has 2 aliphatic rings. The third kappa shape index (κ3) is 2.71. The number of nitrogens with one attached hydrogen (secondary N) is 1. The van der Waals surface area contributed by atoms with Gasteiger partial charge in [0.25, 0.3) is 0 Å². The maximum absolute atomic E-state index is 5.66. The number of rotatable bonds is 3. The molecule has 0 amide bonds. The van der Waals surface area contributed by atoms with Gasteiger partial charge >= 0.3 is 0 Å². The highest BCUT2D eigenvalue weighted by Crippen LogP contribution is 2.29. The zero-order chi connectivity index (χ0) is 10.7. The molecule has 0 saturated carbocycles. The lowest BCUT2D eigenvalue weighted by Gasteiger charge is -2.33. The summed E-state index contributed by atoms with van der Waals surface area (Å²) in [5.74, 6) is 1.36. The Balaban J connectivity index is 1.90. The molecule has 4 unspecified atom stereocenters. The fourth-order valence-electron chi connectivity index (χ4n) is 3.01. The van der Waals surface area contributed by atoms with Crippen LogP contribution in [0.1, 0.15) is 26.2 Å². The van der Waals surface area contributed by atoms with E-state index in [9.17, 15) is 0 Å². The van der Waals surface area contributed by atoms with E-state index in [-0.39, 0.29) is 0 Å². The van der Waals surface area contributed by atoms with Crippen molar-refractivity contribution in [2.75, 3.05) is 26.9 Å². The molecule has 2 aliphatic heterocycles. The first-order valence-corrected chi connectivity index (χ1v) is 6.18. The van der Waals surface area contributed by atoms with Gasteiger partial charge in [-0.3, -0.25) is 0 Å². The molecular formula is C12H23NO2. The minimum Gasteiger partial charge on any atom is -0.381 e. The van der Waals surface area contributed by atoms with Crippen LogP contribution in [0.2, 0.25) is 0 Å².